The third-order valence-electron chi connectivity index (χ3n) is 3.93. The van der Waals surface area contributed by atoms with Crippen molar-refractivity contribution >= 4 is 11.6 Å². The zero-order chi connectivity index (χ0) is 13.2. The van der Waals surface area contributed by atoms with Gasteiger partial charge in [-0.3, -0.25) is 4.79 Å². The molecule has 0 bridgehead atoms. The number of anilines is 1. The third kappa shape index (κ3) is 2.15. The highest BCUT2D eigenvalue weighted by molar-refractivity contribution is 5.88. The van der Waals surface area contributed by atoms with Crippen LogP contribution >= 0.6 is 0 Å². The molecule has 4 nitrogen and oxygen atoms in total. The molecule has 0 saturated heterocycles. The van der Waals surface area contributed by atoms with Crippen molar-refractivity contribution in [3.8, 4) is 5.75 Å². The van der Waals surface area contributed by atoms with Gasteiger partial charge in [0.15, 0.2) is 0 Å². The summed E-state index contributed by atoms with van der Waals surface area (Å²) in [5.41, 5.74) is 5.87. The molecule has 1 aliphatic rings. The van der Waals surface area contributed by atoms with E-state index >= 15 is 0 Å². The lowest BCUT2D eigenvalue weighted by atomic mass is 9.87. The lowest BCUT2D eigenvalue weighted by Crippen LogP contribution is -2.52. The highest BCUT2D eigenvalue weighted by atomic mass is 16.5. The van der Waals surface area contributed by atoms with Gasteiger partial charge in [0.05, 0.1) is 7.11 Å². The van der Waals surface area contributed by atoms with Crippen LogP contribution in [0.1, 0.15) is 26.2 Å². The number of nitrogens with two attached hydrogens (primary N) is 1. The van der Waals surface area contributed by atoms with Gasteiger partial charge in [-0.1, -0.05) is 19.4 Å². The fourth-order valence-corrected chi connectivity index (χ4v) is 2.75. The molecule has 1 aliphatic carbocycles. The molecule has 18 heavy (non-hydrogen) atoms. The minimum absolute atomic E-state index is 0.251. The summed E-state index contributed by atoms with van der Waals surface area (Å²) < 4.78 is 5.18. The molecule has 0 spiro atoms. The van der Waals surface area contributed by atoms with Gasteiger partial charge in [0.25, 0.3) is 0 Å². The number of hydrogen-bond acceptors (Lipinski definition) is 3. The number of rotatable bonds is 4. The van der Waals surface area contributed by atoms with Crippen LogP contribution in [0.3, 0.4) is 0 Å². The molecule has 0 radical (unpaired) electrons. The summed E-state index contributed by atoms with van der Waals surface area (Å²) in [6, 6.07) is 7.59. The Bertz CT molecular complexity index is 447. The monoisotopic (exact) mass is 248 g/mol. The maximum Gasteiger partial charge on any atom is 0.243 e. The molecule has 2 rings (SSSR count). The first-order valence-electron chi connectivity index (χ1n) is 6.30. The quantitative estimate of drug-likeness (QED) is 0.858. The van der Waals surface area contributed by atoms with Crippen molar-refractivity contribution in [2.24, 2.45) is 11.7 Å². The molecule has 0 aliphatic heterocycles. The predicted molar refractivity (Wildman–Crippen MR) is 71.6 cm³/mol. The van der Waals surface area contributed by atoms with E-state index in [2.05, 4.69) is 12.2 Å². The predicted octanol–water partition coefficient (Wildman–Crippen LogP) is 2.15. The zero-order valence-corrected chi connectivity index (χ0v) is 10.9. The van der Waals surface area contributed by atoms with Crippen molar-refractivity contribution in [2.75, 3.05) is 12.4 Å². The molecular formula is C14H20N2O2. The Balaban J connectivity index is 2.26. The third-order valence-corrected chi connectivity index (χ3v) is 3.93. The standard InChI is InChI=1S/C14H20N2O2/c1-10-5-4-8-14(10,13(15)17)16-11-6-3-7-12(9-11)18-2/h3,6-7,9-10,16H,4-5,8H2,1-2H3,(H2,15,17). The Kier molecular flexibility index (Phi) is 3.45. The molecule has 3 N–H and O–H groups in total. The second kappa shape index (κ2) is 4.88. The van der Waals surface area contributed by atoms with Crippen LogP contribution in [0.4, 0.5) is 5.69 Å². The summed E-state index contributed by atoms with van der Waals surface area (Å²) in [5.74, 6) is 0.752. The van der Waals surface area contributed by atoms with Crippen molar-refractivity contribution in [1.29, 1.82) is 0 Å². The van der Waals surface area contributed by atoms with Gasteiger partial charge in [-0.05, 0) is 30.9 Å². The average Bonchev–Trinajstić information content (AvgIpc) is 2.72. The van der Waals surface area contributed by atoms with Crippen LogP contribution < -0.4 is 15.8 Å². The zero-order valence-electron chi connectivity index (χ0n) is 10.9. The highest BCUT2D eigenvalue weighted by Gasteiger charge is 2.45. The van der Waals surface area contributed by atoms with E-state index in [1.807, 2.05) is 24.3 Å². The number of carbonyl (C=O) groups excluding carboxylic acids is 1. The number of carbonyl (C=O) groups is 1. The van der Waals surface area contributed by atoms with Crippen molar-refractivity contribution in [2.45, 2.75) is 31.7 Å². The first-order valence-corrected chi connectivity index (χ1v) is 6.30. The fraction of sp³-hybridized carbons (Fsp3) is 0.500. The molecule has 2 unspecified atom stereocenters. The summed E-state index contributed by atoms with van der Waals surface area (Å²) in [6.45, 7) is 2.07. The van der Waals surface area contributed by atoms with Gasteiger partial charge in [0, 0.05) is 11.8 Å². The van der Waals surface area contributed by atoms with Crippen LogP contribution in [0.15, 0.2) is 24.3 Å². The molecule has 0 aromatic heterocycles. The van der Waals surface area contributed by atoms with E-state index in [9.17, 15) is 4.79 Å². The Morgan fingerprint density at radius 3 is 2.89 bits per heavy atom. The molecule has 1 amide bonds. The first kappa shape index (κ1) is 12.7. The smallest absolute Gasteiger partial charge is 0.243 e. The van der Waals surface area contributed by atoms with Gasteiger partial charge in [-0.25, -0.2) is 0 Å². The largest absolute Gasteiger partial charge is 0.497 e. The van der Waals surface area contributed by atoms with Gasteiger partial charge in [0.2, 0.25) is 5.91 Å². The Labute approximate surface area is 108 Å². The molecule has 1 aromatic rings. The maximum atomic E-state index is 11.8. The molecule has 1 fully saturated rings. The first-order chi connectivity index (χ1) is 8.58. The SMILES string of the molecule is COc1cccc(NC2(C(N)=O)CCCC2C)c1. The number of methoxy groups -OCH3 is 1. The summed E-state index contributed by atoms with van der Waals surface area (Å²) in [7, 11) is 1.63. The van der Waals surface area contributed by atoms with E-state index in [4.69, 9.17) is 10.5 Å². The van der Waals surface area contributed by atoms with E-state index < -0.39 is 5.54 Å². The van der Waals surface area contributed by atoms with Crippen LogP contribution in [0.25, 0.3) is 0 Å². The number of primary amides is 1. The van der Waals surface area contributed by atoms with Gasteiger partial charge in [-0.15, -0.1) is 0 Å². The fourth-order valence-electron chi connectivity index (χ4n) is 2.75. The lowest BCUT2D eigenvalue weighted by Gasteiger charge is -2.32. The topological polar surface area (TPSA) is 64.3 Å². The highest BCUT2D eigenvalue weighted by Crippen LogP contribution is 2.38. The molecule has 2 atom stereocenters. The minimum atomic E-state index is -0.619. The minimum Gasteiger partial charge on any atom is -0.497 e. The number of ether oxygens (including phenoxy) is 1. The van der Waals surface area contributed by atoms with Crippen LogP contribution in [0.2, 0.25) is 0 Å². The molecule has 0 heterocycles. The Morgan fingerprint density at radius 1 is 1.56 bits per heavy atom. The van der Waals surface area contributed by atoms with Crippen LogP contribution in [-0.4, -0.2) is 18.6 Å². The summed E-state index contributed by atoms with van der Waals surface area (Å²) in [5, 5.41) is 3.32. The van der Waals surface area contributed by atoms with Crippen LogP contribution in [0, 0.1) is 5.92 Å². The van der Waals surface area contributed by atoms with Crippen LogP contribution in [0.5, 0.6) is 5.75 Å². The number of hydrogen-bond donors (Lipinski definition) is 2. The van der Waals surface area contributed by atoms with Gasteiger partial charge < -0.3 is 15.8 Å². The number of amides is 1. The number of nitrogens with one attached hydrogen (secondary N) is 1. The van der Waals surface area contributed by atoms with Crippen molar-refractivity contribution in [3.05, 3.63) is 24.3 Å². The summed E-state index contributed by atoms with van der Waals surface area (Å²) >= 11 is 0. The Hall–Kier alpha value is -1.71. The Morgan fingerprint density at radius 2 is 2.33 bits per heavy atom. The second-order valence-corrected chi connectivity index (χ2v) is 4.99. The van der Waals surface area contributed by atoms with Crippen molar-refractivity contribution in [3.63, 3.8) is 0 Å². The van der Waals surface area contributed by atoms with Crippen molar-refractivity contribution in [1.82, 2.24) is 0 Å². The van der Waals surface area contributed by atoms with E-state index in [-0.39, 0.29) is 11.8 Å². The molecule has 1 aromatic carbocycles. The maximum absolute atomic E-state index is 11.8. The molecule has 4 heteroatoms. The normalized spacial score (nSPS) is 26.9. The van der Waals surface area contributed by atoms with E-state index in [1.165, 1.54) is 0 Å². The summed E-state index contributed by atoms with van der Waals surface area (Å²) in [4.78, 5) is 11.8. The van der Waals surface area contributed by atoms with E-state index in [0.29, 0.717) is 0 Å². The number of benzene rings is 1. The molecular weight excluding hydrogens is 228 g/mol. The van der Waals surface area contributed by atoms with E-state index in [1.54, 1.807) is 7.11 Å². The lowest BCUT2D eigenvalue weighted by molar-refractivity contribution is -0.123. The molecule has 1 saturated carbocycles. The van der Waals surface area contributed by atoms with Gasteiger partial charge in [0.1, 0.15) is 11.3 Å². The average molecular weight is 248 g/mol. The van der Waals surface area contributed by atoms with Gasteiger partial charge >= 0.3 is 0 Å². The van der Waals surface area contributed by atoms with E-state index in [0.717, 1.165) is 30.7 Å². The molecule has 98 valence electrons. The summed E-state index contributed by atoms with van der Waals surface area (Å²) in [6.07, 6.45) is 2.85. The second-order valence-electron chi connectivity index (χ2n) is 4.99. The van der Waals surface area contributed by atoms with Gasteiger partial charge in [-0.2, -0.15) is 0 Å². The van der Waals surface area contributed by atoms with Crippen molar-refractivity contribution < 1.29 is 9.53 Å². The van der Waals surface area contributed by atoms with Crippen LogP contribution in [-0.2, 0) is 4.79 Å².